The second kappa shape index (κ2) is 7.50. The third-order valence-corrected chi connectivity index (χ3v) is 6.21. The Bertz CT molecular complexity index is 1090. The van der Waals surface area contributed by atoms with Gasteiger partial charge in [0.25, 0.3) is 0 Å². The summed E-state index contributed by atoms with van der Waals surface area (Å²) in [6, 6.07) is 17.8. The standard InChI is InChI=1S/C21H15FN2OS2/c1-27(25)18-8-4-15(5-9-18)20-19(14-2-6-17(22)7-3-14)24-21(26-20)16-10-12-23-13-11-16/h2-13H,1H3. The van der Waals surface area contributed by atoms with Gasteiger partial charge in [0.2, 0.25) is 0 Å². The fraction of sp³-hybridized carbons (Fsp3) is 0.0476. The normalized spacial score (nSPS) is 12.1. The van der Waals surface area contributed by atoms with Crippen LogP contribution in [0.4, 0.5) is 4.39 Å². The van der Waals surface area contributed by atoms with Crippen LogP contribution < -0.4 is 0 Å². The largest absolute Gasteiger partial charge is 0.265 e. The van der Waals surface area contributed by atoms with Crippen molar-refractivity contribution in [1.29, 1.82) is 0 Å². The molecule has 2 heterocycles. The van der Waals surface area contributed by atoms with Crippen LogP contribution in [0.25, 0.3) is 32.3 Å². The highest BCUT2D eigenvalue weighted by atomic mass is 32.2. The van der Waals surface area contributed by atoms with Crippen LogP contribution in [-0.2, 0) is 10.8 Å². The van der Waals surface area contributed by atoms with Crippen LogP contribution in [0, 0.1) is 5.82 Å². The lowest BCUT2D eigenvalue weighted by Gasteiger charge is -2.04. The van der Waals surface area contributed by atoms with Gasteiger partial charge < -0.3 is 0 Å². The maximum atomic E-state index is 13.4. The van der Waals surface area contributed by atoms with E-state index < -0.39 is 10.8 Å². The van der Waals surface area contributed by atoms with Gasteiger partial charge in [-0.05, 0) is 54.1 Å². The van der Waals surface area contributed by atoms with Gasteiger partial charge in [-0.3, -0.25) is 9.19 Å². The van der Waals surface area contributed by atoms with E-state index in [-0.39, 0.29) is 5.82 Å². The lowest BCUT2D eigenvalue weighted by Crippen LogP contribution is -1.87. The summed E-state index contributed by atoms with van der Waals surface area (Å²) >= 11 is 1.57. The summed E-state index contributed by atoms with van der Waals surface area (Å²) in [5.41, 5.74) is 3.63. The number of hydrogen-bond acceptors (Lipinski definition) is 4. The molecule has 0 saturated heterocycles. The molecule has 0 spiro atoms. The monoisotopic (exact) mass is 394 g/mol. The number of aromatic nitrogens is 2. The van der Waals surface area contributed by atoms with Gasteiger partial charge in [0, 0.05) is 45.5 Å². The van der Waals surface area contributed by atoms with Crippen LogP contribution in [0.1, 0.15) is 0 Å². The Morgan fingerprint density at radius 3 is 2.11 bits per heavy atom. The predicted octanol–water partition coefficient (Wildman–Crippen LogP) is 5.42. The van der Waals surface area contributed by atoms with E-state index in [2.05, 4.69) is 4.98 Å². The number of pyridine rings is 1. The highest BCUT2D eigenvalue weighted by molar-refractivity contribution is 7.84. The Labute approximate surface area is 163 Å². The molecule has 0 bridgehead atoms. The second-order valence-electron chi connectivity index (χ2n) is 5.92. The summed E-state index contributed by atoms with van der Waals surface area (Å²) in [6.07, 6.45) is 5.13. The van der Waals surface area contributed by atoms with Crippen molar-refractivity contribution in [3.63, 3.8) is 0 Å². The average Bonchev–Trinajstić information content (AvgIpc) is 3.15. The van der Waals surface area contributed by atoms with E-state index >= 15 is 0 Å². The lowest BCUT2D eigenvalue weighted by molar-refractivity contribution is 0.628. The van der Waals surface area contributed by atoms with Gasteiger partial charge in [0.05, 0.1) is 10.6 Å². The predicted molar refractivity (Wildman–Crippen MR) is 109 cm³/mol. The summed E-state index contributed by atoms with van der Waals surface area (Å²) in [5, 5.41) is 0.870. The molecule has 27 heavy (non-hydrogen) atoms. The first-order valence-corrected chi connectivity index (χ1v) is 10.6. The molecule has 0 aliphatic carbocycles. The molecule has 0 amide bonds. The number of benzene rings is 2. The Balaban J connectivity index is 1.86. The van der Waals surface area contributed by atoms with Crippen LogP contribution >= 0.6 is 11.3 Å². The molecule has 2 aromatic carbocycles. The van der Waals surface area contributed by atoms with E-state index in [1.807, 2.05) is 36.4 Å². The Kier molecular flexibility index (Phi) is 4.92. The highest BCUT2D eigenvalue weighted by Gasteiger charge is 2.16. The van der Waals surface area contributed by atoms with E-state index in [0.717, 1.165) is 37.2 Å². The maximum Gasteiger partial charge on any atom is 0.124 e. The molecule has 3 nitrogen and oxygen atoms in total. The molecule has 0 aliphatic rings. The number of rotatable bonds is 4. The van der Waals surface area contributed by atoms with Crippen LogP contribution in [-0.4, -0.2) is 20.4 Å². The molecule has 2 aromatic heterocycles. The Morgan fingerprint density at radius 1 is 0.852 bits per heavy atom. The number of halogens is 1. The van der Waals surface area contributed by atoms with E-state index in [9.17, 15) is 8.60 Å². The van der Waals surface area contributed by atoms with Crippen LogP contribution in [0.3, 0.4) is 0 Å². The molecular formula is C21H15FN2OS2. The van der Waals surface area contributed by atoms with E-state index in [1.165, 1.54) is 12.1 Å². The van der Waals surface area contributed by atoms with E-state index in [0.29, 0.717) is 0 Å². The molecule has 0 saturated carbocycles. The minimum Gasteiger partial charge on any atom is -0.265 e. The molecule has 6 heteroatoms. The molecule has 0 radical (unpaired) electrons. The summed E-state index contributed by atoms with van der Waals surface area (Å²) in [7, 11) is -1.02. The molecule has 0 fully saturated rings. The van der Waals surface area contributed by atoms with Crippen molar-refractivity contribution in [3.05, 3.63) is 78.9 Å². The zero-order valence-electron chi connectivity index (χ0n) is 14.4. The van der Waals surface area contributed by atoms with Crippen molar-refractivity contribution >= 4 is 22.1 Å². The molecule has 0 aliphatic heterocycles. The third-order valence-electron chi connectivity index (χ3n) is 4.12. The minimum absolute atomic E-state index is 0.278. The fourth-order valence-electron chi connectivity index (χ4n) is 2.74. The van der Waals surface area contributed by atoms with Gasteiger partial charge in [0.1, 0.15) is 10.8 Å². The molecule has 4 aromatic rings. The smallest absolute Gasteiger partial charge is 0.124 e. The number of thiazole rings is 1. The summed E-state index contributed by atoms with van der Waals surface area (Å²) in [4.78, 5) is 10.6. The van der Waals surface area contributed by atoms with E-state index in [1.54, 1.807) is 42.1 Å². The minimum atomic E-state index is -1.02. The van der Waals surface area contributed by atoms with Crippen LogP contribution in [0.2, 0.25) is 0 Å². The van der Waals surface area contributed by atoms with Crippen molar-refractivity contribution in [3.8, 4) is 32.3 Å². The summed E-state index contributed by atoms with van der Waals surface area (Å²) in [5.74, 6) is -0.278. The number of hydrogen-bond donors (Lipinski definition) is 0. The first kappa shape index (κ1) is 17.7. The molecule has 1 unspecified atom stereocenters. The van der Waals surface area contributed by atoms with Crippen molar-refractivity contribution in [2.75, 3.05) is 6.26 Å². The van der Waals surface area contributed by atoms with Gasteiger partial charge in [-0.25, -0.2) is 9.37 Å². The van der Waals surface area contributed by atoms with E-state index in [4.69, 9.17) is 4.98 Å². The Morgan fingerprint density at radius 2 is 1.48 bits per heavy atom. The molecule has 1 atom stereocenters. The highest BCUT2D eigenvalue weighted by Crippen LogP contribution is 2.40. The van der Waals surface area contributed by atoms with Gasteiger partial charge in [-0.15, -0.1) is 11.3 Å². The zero-order valence-corrected chi connectivity index (χ0v) is 16.1. The summed E-state index contributed by atoms with van der Waals surface area (Å²) < 4.78 is 25.0. The second-order valence-corrected chi connectivity index (χ2v) is 8.30. The first-order chi connectivity index (χ1) is 13.1. The quantitative estimate of drug-likeness (QED) is 0.464. The van der Waals surface area contributed by atoms with Gasteiger partial charge >= 0.3 is 0 Å². The molecule has 4 rings (SSSR count). The SMILES string of the molecule is CS(=O)c1ccc(-c2sc(-c3ccncc3)nc2-c2ccc(F)cc2)cc1. The molecule has 134 valence electrons. The van der Waals surface area contributed by atoms with Crippen molar-refractivity contribution in [2.24, 2.45) is 0 Å². The van der Waals surface area contributed by atoms with Crippen molar-refractivity contribution in [1.82, 2.24) is 9.97 Å². The third kappa shape index (κ3) is 3.72. The van der Waals surface area contributed by atoms with Crippen molar-refractivity contribution < 1.29 is 8.60 Å². The van der Waals surface area contributed by atoms with Gasteiger partial charge in [-0.2, -0.15) is 0 Å². The summed E-state index contributed by atoms with van der Waals surface area (Å²) in [6.45, 7) is 0. The fourth-order valence-corrected chi connectivity index (χ4v) is 4.35. The Hall–Kier alpha value is -2.70. The topological polar surface area (TPSA) is 42.9 Å². The van der Waals surface area contributed by atoms with Gasteiger partial charge in [-0.1, -0.05) is 12.1 Å². The maximum absolute atomic E-state index is 13.4. The van der Waals surface area contributed by atoms with Crippen LogP contribution in [0.15, 0.2) is 78.0 Å². The molecular weight excluding hydrogens is 379 g/mol. The number of nitrogens with zero attached hydrogens (tertiary/aromatic N) is 2. The molecule has 0 N–H and O–H groups in total. The zero-order chi connectivity index (χ0) is 18.8. The first-order valence-electron chi connectivity index (χ1n) is 8.23. The van der Waals surface area contributed by atoms with Crippen LogP contribution in [0.5, 0.6) is 0 Å². The van der Waals surface area contributed by atoms with Gasteiger partial charge in [0.15, 0.2) is 0 Å². The lowest BCUT2D eigenvalue weighted by atomic mass is 10.1. The average molecular weight is 394 g/mol. The van der Waals surface area contributed by atoms with Crippen molar-refractivity contribution in [2.45, 2.75) is 4.90 Å².